The van der Waals surface area contributed by atoms with Crippen LogP contribution in [0.1, 0.15) is 24.6 Å². The van der Waals surface area contributed by atoms with Crippen LogP contribution in [0.3, 0.4) is 0 Å². The van der Waals surface area contributed by atoms with Crippen molar-refractivity contribution in [3.8, 4) is 11.5 Å². The van der Waals surface area contributed by atoms with E-state index in [9.17, 15) is 0 Å². The monoisotopic (exact) mass is 425 g/mol. The summed E-state index contributed by atoms with van der Waals surface area (Å²) in [4.78, 5) is 10.6. The zero-order chi connectivity index (χ0) is 21.5. The predicted octanol–water partition coefficient (Wildman–Crippen LogP) is 5.21. The van der Waals surface area contributed by atoms with Crippen LogP contribution in [0.15, 0.2) is 60.8 Å². The predicted molar refractivity (Wildman–Crippen MR) is 128 cm³/mol. The molecule has 0 spiro atoms. The summed E-state index contributed by atoms with van der Waals surface area (Å²) < 4.78 is 12.5. The molecule has 1 atom stereocenters. The van der Waals surface area contributed by atoms with E-state index in [4.69, 9.17) is 14.5 Å². The van der Waals surface area contributed by atoms with Crippen molar-refractivity contribution in [3.63, 3.8) is 0 Å². The van der Waals surface area contributed by atoms with Gasteiger partial charge in [0.25, 0.3) is 0 Å². The molecule has 32 heavy (non-hydrogen) atoms. The van der Waals surface area contributed by atoms with Crippen molar-refractivity contribution in [1.29, 1.82) is 0 Å². The van der Waals surface area contributed by atoms with Gasteiger partial charge in [-0.2, -0.15) is 0 Å². The Balaban J connectivity index is 1.17. The fourth-order valence-electron chi connectivity index (χ4n) is 4.85. The molecule has 0 saturated heterocycles. The van der Waals surface area contributed by atoms with Gasteiger partial charge in [-0.05, 0) is 48.7 Å². The van der Waals surface area contributed by atoms with Crippen LogP contribution in [0.4, 0.5) is 0 Å². The summed E-state index contributed by atoms with van der Waals surface area (Å²) in [7, 11) is 0. The molecule has 4 aromatic rings. The molecule has 2 aliphatic heterocycles. The van der Waals surface area contributed by atoms with E-state index >= 15 is 0 Å². The summed E-state index contributed by atoms with van der Waals surface area (Å²) in [5, 5.41) is 2.34. The number of para-hydroxylation sites is 1. The number of aromatic amines is 1. The second-order valence-corrected chi connectivity index (χ2v) is 8.65. The number of ether oxygens (including phenoxy) is 2. The van der Waals surface area contributed by atoms with E-state index in [1.54, 1.807) is 0 Å². The zero-order valence-electron chi connectivity index (χ0n) is 18.3. The maximum Gasteiger partial charge on any atom is 0.171 e. The first-order valence-corrected chi connectivity index (χ1v) is 11.5. The first kappa shape index (κ1) is 19.4. The molecule has 6 rings (SSSR count). The number of aromatic nitrogens is 2. The summed E-state index contributed by atoms with van der Waals surface area (Å²) >= 11 is 0. The Labute approximate surface area is 187 Å². The van der Waals surface area contributed by atoms with E-state index in [1.165, 1.54) is 22.0 Å². The number of hydrogen-bond donors (Lipinski definition) is 1. The fraction of sp³-hybridized carbons (Fsp3) is 0.296. The highest BCUT2D eigenvalue weighted by atomic mass is 16.6. The van der Waals surface area contributed by atoms with E-state index in [-0.39, 0.29) is 6.10 Å². The van der Waals surface area contributed by atoms with Crippen LogP contribution in [0.5, 0.6) is 11.5 Å². The molecule has 0 saturated carbocycles. The number of pyridine rings is 1. The number of nitrogens with one attached hydrogen (secondary N) is 1. The number of rotatable bonds is 4. The first-order chi connectivity index (χ1) is 15.8. The van der Waals surface area contributed by atoms with Crippen LogP contribution >= 0.6 is 0 Å². The Morgan fingerprint density at radius 3 is 2.91 bits per heavy atom. The van der Waals surface area contributed by atoms with E-state index < -0.39 is 0 Å². The Kier molecular flexibility index (Phi) is 4.84. The average Bonchev–Trinajstić information content (AvgIpc) is 3.28. The van der Waals surface area contributed by atoms with Crippen molar-refractivity contribution >= 4 is 27.4 Å². The highest BCUT2D eigenvalue weighted by Gasteiger charge is 2.26. The number of hydrogen-bond acceptors (Lipinski definition) is 4. The summed E-state index contributed by atoms with van der Waals surface area (Å²) in [6, 6.07) is 16.7. The van der Waals surface area contributed by atoms with Crippen LogP contribution in [-0.4, -0.2) is 47.2 Å². The number of H-pyrrole nitrogens is 1. The zero-order valence-corrected chi connectivity index (χ0v) is 18.3. The molecular weight excluding hydrogens is 398 g/mol. The maximum atomic E-state index is 6.45. The summed E-state index contributed by atoms with van der Waals surface area (Å²) in [6.07, 6.45) is 6.49. The lowest BCUT2D eigenvalue weighted by Crippen LogP contribution is -2.42. The highest BCUT2D eigenvalue weighted by Crippen LogP contribution is 2.38. The molecule has 0 amide bonds. The minimum absolute atomic E-state index is 0.0157. The third-order valence-corrected chi connectivity index (χ3v) is 6.61. The molecule has 0 bridgehead atoms. The third-order valence-electron chi connectivity index (χ3n) is 6.61. The second kappa shape index (κ2) is 7.99. The van der Waals surface area contributed by atoms with Crippen molar-refractivity contribution in [1.82, 2.24) is 14.9 Å². The van der Waals surface area contributed by atoms with Gasteiger partial charge in [-0.1, -0.05) is 31.2 Å². The van der Waals surface area contributed by atoms with Gasteiger partial charge in [0.05, 0.1) is 5.52 Å². The van der Waals surface area contributed by atoms with Gasteiger partial charge in [0, 0.05) is 53.4 Å². The standard InChI is InChI=1S/C27H27N3O2/c1-2-19-7-8-22-25(29-19)9-10-26-27(22)32-20(17-31-26)16-30-13-11-18(12-14-30)23-15-28-24-6-4-3-5-21(23)24/h3-11,15,20,28H,2,12-14,16-17H2,1H3. The van der Waals surface area contributed by atoms with Gasteiger partial charge in [-0.3, -0.25) is 9.88 Å². The Bertz CT molecular complexity index is 1320. The molecule has 5 heteroatoms. The Morgan fingerprint density at radius 1 is 1.09 bits per heavy atom. The minimum Gasteiger partial charge on any atom is -0.486 e. The molecule has 1 N–H and O–H groups in total. The average molecular weight is 426 g/mol. The quantitative estimate of drug-likeness (QED) is 0.488. The smallest absolute Gasteiger partial charge is 0.171 e. The van der Waals surface area contributed by atoms with Crippen LogP contribution < -0.4 is 9.47 Å². The van der Waals surface area contributed by atoms with Gasteiger partial charge >= 0.3 is 0 Å². The SMILES string of the molecule is CCc1ccc2c3c(ccc2n1)OCC(CN1CC=C(c2c[nH]c4ccccc24)CC1)O3. The van der Waals surface area contributed by atoms with Crippen molar-refractivity contribution in [3.05, 3.63) is 72.1 Å². The van der Waals surface area contributed by atoms with Crippen LogP contribution in [0.25, 0.3) is 27.4 Å². The van der Waals surface area contributed by atoms with Crippen molar-refractivity contribution in [2.75, 3.05) is 26.2 Å². The maximum absolute atomic E-state index is 6.45. The molecular formula is C27H27N3O2. The minimum atomic E-state index is 0.0157. The normalized spacial score (nSPS) is 18.8. The van der Waals surface area contributed by atoms with Gasteiger partial charge in [0.2, 0.25) is 0 Å². The molecule has 162 valence electrons. The van der Waals surface area contributed by atoms with Crippen LogP contribution in [0.2, 0.25) is 0 Å². The fourth-order valence-corrected chi connectivity index (χ4v) is 4.85. The highest BCUT2D eigenvalue weighted by molar-refractivity contribution is 5.92. The number of benzene rings is 2. The molecule has 2 aromatic carbocycles. The van der Waals surface area contributed by atoms with Gasteiger partial charge in [0.1, 0.15) is 12.7 Å². The van der Waals surface area contributed by atoms with E-state index in [0.717, 1.165) is 60.6 Å². The van der Waals surface area contributed by atoms with Crippen molar-refractivity contribution in [2.45, 2.75) is 25.9 Å². The van der Waals surface area contributed by atoms with Gasteiger partial charge in [0.15, 0.2) is 11.5 Å². The van der Waals surface area contributed by atoms with Gasteiger partial charge < -0.3 is 14.5 Å². The molecule has 0 radical (unpaired) electrons. The molecule has 2 aliphatic rings. The van der Waals surface area contributed by atoms with Crippen LogP contribution in [-0.2, 0) is 6.42 Å². The Hall–Kier alpha value is -3.31. The molecule has 0 aliphatic carbocycles. The number of aryl methyl sites for hydroxylation is 1. The topological polar surface area (TPSA) is 50.4 Å². The van der Waals surface area contributed by atoms with Crippen LogP contribution in [0, 0.1) is 0 Å². The van der Waals surface area contributed by atoms with Crippen molar-refractivity contribution in [2.24, 2.45) is 0 Å². The van der Waals surface area contributed by atoms with E-state index in [1.807, 2.05) is 12.1 Å². The number of fused-ring (bicyclic) bond motifs is 4. The lowest BCUT2D eigenvalue weighted by atomic mass is 9.99. The van der Waals surface area contributed by atoms with Gasteiger partial charge in [-0.15, -0.1) is 0 Å². The largest absolute Gasteiger partial charge is 0.486 e. The summed E-state index contributed by atoms with van der Waals surface area (Å²) in [6.45, 7) is 5.51. The molecule has 0 fully saturated rings. The second-order valence-electron chi connectivity index (χ2n) is 8.65. The lowest BCUT2D eigenvalue weighted by Gasteiger charge is -2.33. The van der Waals surface area contributed by atoms with E-state index in [2.05, 4.69) is 65.5 Å². The van der Waals surface area contributed by atoms with E-state index in [0.29, 0.717) is 6.61 Å². The molecule has 5 nitrogen and oxygen atoms in total. The number of nitrogens with zero attached hydrogens (tertiary/aromatic N) is 2. The summed E-state index contributed by atoms with van der Waals surface area (Å²) in [5.74, 6) is 1.65. The summed E-state index contributed by atoms with van der Waals surface area (Å²) in [5.41, 5.74) is 6.02. The van der Waals surface area contributed by atoms with Crippen molar-refractivity contribution < 1.29 is 9.47 Å². The van der Waals surface area contributed by atoms with Gasteiger partial charge in [-0.25, -0.2) is 0 Å². The lowest BCUT2D eigenvalue weighted by molar-refractivity contribution is 0.0632. The Morgan fingerprint density at radius 2 is 2.03 bits per heavy atom. The third kappa shape index (κ3) is 3.43. The molecule has 1 unspecified atom stereocenters. The molecule has 2 aromatic heterocycles. The molecule has 4 heterocycles. The first-order valence-electron chi connectivity index (χ1n) is 11.5.